The fourth-order valence-corrected chi connectivity index (χ4v) is 3.55. The maximum atomic E-state index is 5.50. The van der Waals surface area contributed by atoms with Gasteiger partial charge in [-0.2, -0.15) is 0 Å². The van der Waals surface area contributed by atoms with Crippen LogP contribution in [0.1, 0.15) is 30.0 Å². The van der Waals surface area contributed by atoms with Gasteiger partial charge in [-0.3, -0.25) is 0 Å². The molecular formula is C21H30Cl2N2O3. The van der Waals surface area contributed by atoms with Crippen molar-refractivity contribution in [2.24, 2.45) is 0 Å². The average Bonchev–Trinajstić information content (AvgIpc) is 2.72. The molecule has 0 radical (unpaired) electrons. The number of methoxy groups -OCH3 is 3. The Hall–Kier alpha value is -1.66. The number of benzene rings is 2. The summed E-state index contributed by atoms with van der Waals surface area (Å²) >= 11 is 0. The molecule has 0 aliphatic carbocycles. The topological polar surface area (TPSA) is 51.8 Å². The van der Waals surface area contributed by atoms with Crippen LogP contribution in [0.2, 0.25) is 0 Å². The molecule has 1 heterocycles. The summed E-state index contributed by atoms with van der Waals surface area (Å²) in [6, 6.07) is 14.8. The number of hydrogen-bond donors (Lipinski definition) is 2. The molecule has 0 aromatic heterocycles. The van der Waals surface area contributed by atoms with Crippen molar-refractivity contribution < 1.29 is 14.2 Å². The second-order valence-corrected chi connectivity index (χ2v) is 6.52. The van der Waals surface area contributed by atoms with E-state index in [0.29, 0.717) is 6.04 Å². The smallest absolute Gasteiger partial charge is 0.123 e. The quantitative estimate of drug-likeness (QED) is 0.693. The van der Waals surface area contributed by atoms with Gasteiger partial charge in [0.15, 0.2) is 0 Å². The van der Waals surface area contributed by atoms with Crippen LogP contribution in [0.3, 0.4) is 0 Å². The van der Waals surface area contributed by atoms with Gasteiger partial charge in [0.2, 0.25) is 0 Å². The maximum absolute atomic E-state index is 5.50. The first-order valence-corrected chi connectivity index (χ1v) is 9.06. The highest BCUT2D eigenvalue weighted by Gasteiger charge is 2.26. The summed E-state index contributed by atoms with van der Waals surface area (Å²) in [5.41, 5.74) is 2.35. The summed E-state index contributed by atoms with van der Waals surface area (Å²) in [6.45, 7) is 1.76. The Bertz CT molecular complexity index is 731. The van der Waals surface area contributed by atoms with Gasteiger partial charge >= 0.3 is 0 Å². The highest BCUT2D eigenvalue weighted by atomic mass is 35.5. The Morgan fingerprint density at radius 1 is 0.964 bits per heavy atom. The molecule has 2 N–H and O–H groups in total. The van der Waals surface area contributed by atoms with E-state index in [0.717, 1.165) is 48.7 Å². The van der Waals surface area contributed by atoms with Gasteiger partial charge in [-0.05, 0) is 55.3 Å². The highest BCUT2D eigenvalue weighted by molar-refractivity contribution is 5.85. The average molecular weight is 429 g/mol. The van der Waals surface area contributed by atoms with E-state index in [1.165, 1.54) is 5.56 Å². The largest absolute Gasteiger partial charge is 0.497 e. The van der Waals surface area contributed by atoms with Crippen molar-refractivity contribution >= 4 is 24.8 Å². The van der Waals surface area contributed by atoms with Crippen LogP contribution >= 0.6 is 24.8 Å². The standard InChI is InChI=1S/C21H28N2O3.2ClH/c1-24-17-7-4-6-15(12-17)21-19(8-5-11-22-21)23-14-16-13-18(25-2)9-10-20(16)26-3;;/h4,6-7,9-10,12-13,19,21-23H,5,8,11,14H2,1-3H3;2*1H/t19-,21-;;/m0../s1. The number of piperidine rings is 1. The van der Waals surface area contributed by atoms with E-state index in [9.17, 15) is 0 Å². The van der Waals surface area contributed by atoms with Crippen LogP contribution in [-0.4, -0.2) is 33.9 Å². The molecule has 0 saturated carbocycles. The van der Waals surface area contributed by atoms with Gasteiger partial charge in [-0.1, -0.05) is 12.1 Å². The van der Waals surface area contributed by atoms with Crippen LogP contribution in [0, 0.1) is 0 Å². The zero-order valence-electron chi connectivity index (χ0n) is 16.6. The summed E-state index contributed by atoms with van der Waals surface area (Å²) in [5.74, 6) is 2.61. The number of ether oxygens (including phenoxy) is 3. The molecule has 7 heteroatoms. The monoisotopic (exact) mass is 428 g/mol. The third kappa shape index (κ3) is 5.92. The Morgan fingerprint density at radius 2 is 1.71 bits per heavy atom. The van der Waals surface area contributed by atoms with E-state index in [1.54, 1.807) is 21.3 Å². The van der Waals surface area contributed by atoms with Gasteiger partial charge in [0, 0.05) is 24.2 Å². The molecular weight excluding hydrogens is 399 g/mol. The molecule has 28 heavy (non-hydrogen) atoms. The molecule has 0 spiro atoms. The van der Waals surface area contributed by atoms with Gasteiger partial charge < -0.3 is 24.8 Å². The SMILES string of the molecule is COc1cccc([C@@H]2NCCC[C@@H]2NCc2cc(OC)ccc2OC)c1.Cl.Cl. The first kappa shape index (κ1) is 24.4. The predicted octanol–water partition coefficient (Wildman–Crippen LogP) is 4.14. The molecule has 156 valence electrons. The van der Waals surface area contributed by atoms with Gasteiger partial charge in [0.25, 0.3) is 0 Å². The first-order chi connectivity index (χ1) is 12.7. The summed E-state index contributed by atoms with van der Waals surface area (Å²) < 4.78 is 16.2. The van der Waals surface area contributed by atoms with E-state index >= 15 is 0 Å². The zero-order valence-corrected chi connectivity index (χ0v) is 18.2. The van der Waals surface area contributed by atoms with Crippen molar-refractivity contribution in [3.8, 4) is 17.2 Å². The number of hydrogen-bond acceptors (Lipinski definition) is 5. The van der Waals surface area contributed by atoms with Gasteiger partial charge in [-0.15, -0.1) is 24.8 Å². The summed E-state index contributed by atoms with van der Waals surface area (Å²) in [7, 11) is 5.09. The van der Waals surface area contributed by atoms with Crippen LogP contribution in [-0.2, 0) is 6.54 Å². The lowest BCUT2D eigenvalue weighted by molar-refractivity contribution is 0.301. The van der Waals surface area contributed by atoms with E-state index in [2.05, 4.69) is 22.8 Å². The summed E-state index contributed by atoms with van der Waals surface area (Å²) in [5, 5.41) is 7.36. The minimum atomic E-state index is 0. The fourth-order valence-electron chi connectivity index (χ4n) is 3.55. The van der Waals surface area contributed by atoms with E-state index in [-0.39, 0.29) is 30.9 Å². The minimum Gasteiger partial charge on any atom is -0.497 e. The third-order valence-corrected chi connectivity index (χ3v) is 4.95. The lowest BCUT2D eigenvalue weighted by Gasteiger charge is -2.34. The van der Waals surface area contributed by atoms with Crippen molar-refractivity contribution in [1.29, 1.82) is 0 Å². The van der Waals surface area contributed by atoms with Gasteiger partial charge in [-0.25, -0.2) is 0 Å². The lowest BCUT2D eigenvalue weighted by Crippen LogP contribution is -2.45. The predicted molar refractivity (Wildman–Crippen MR) is 118 cm³/mol. The molecule has 2 aromatic carbocycles. The second kappa shape index (κ2) is 12.0. The van der Waals surface area contributed by atoms with Crippen molar-refractivity contribution in [3.05, 3.63) is 53.6 Å². The van der Waals surface area contributed by atoms with Crippen LogP contribution < -0.4 is 24.8 Å². The van der Waals surface area contributed by atoms with Gasteiger partial charge in [0.05, 0.1) is 21.3 Å². The van der Waals surface area contributed by atoms with Crippen LogP contribution in [0.15, 0.2) is 42.5 Å². The van der Waals surface area contributed by atoms with Crippen molar-refractivity contribution in [1.82, 2.24) is 10.6 Å². The second-order valence-electron chi connectivity index (χ2n) is 6.52. The summed E-state index contributed by atoms with van der Waals surface area (Å²) in [4.78, 5) is 0. The first-order valence-electron chi connectivity index (χ1n) is 9.06. The Kier molecular flexibility index (Phi) is 10.5. The van der Waals surface area contributed by atoms with E-state index < -0.39 is 0 Å². The van der Waals surface area contributed by atoms with Crippen molar-refractivity contribution in [3.63, 3.8) is 0 Å². The summed E-state index contributed by atoms with van der Waals surface area (Å²) in [6.07, 6.45) is 2.29. The van der Waals surface area contributed by atoms with Crippen molar-refractivity contribution in [2.45, 2.75) is 31.5 Å². The third-order valence-electron chi connectivity index (χ3n) is 4.95. The lowest BCUT2D eigenvalue weighted by atomic mass is 9.92. The molecule has 0 unspecified atom stereocenters. The van der Waals surface area contributed by atoms with E-state index in [4.69, 9.17) is 14.2 Å². The molecule has 3 rings (SSSR count). The van der Waals surface area contributed by atoms with Crippen LogP contribution in [0.4, 0.5) is 0 Å². The zero-order chi connectivity index (χ0) is 18.4. The molecule has 1 saturated heterocycles. The van der Waals surface area contributed by atoms with E-state index in [1.807, 2.05) is 30.3 Å². The molecule has 5 nitrogen and oxygen atoms in total. The minimum absolute atomic E-state index is 0. The van der Waals surface area contributed by atoms with Gasteiger partial charge in [0.1, 0.15) is 17.2 Å². The molecule has 1 aliphatic rings. The molecule has 0 bridgehead atoms. The van der Waals surface area contributed by atoms with Crippen molar-refractivity contribution in [2.75, 3.05) is 27.9 Å². The van der Waals surface area contributed by atoms with Crippen LogP contribution in [0.5, 0.6) is 17.2 Å². The molecule has 2 aromatic rings. The number of nitrogens with one attached hydrogen (secondary N) is 2. The molecule has 1 fully saturated rings. The molecule has 1 aliphatic heterocycles. The fraction of sp³-hybridized carbons (Fsp3) is 0.429. The maximum Gasteiger partial charge on any atom is 0.123 e. The molecule has 0 amide bonds. The Morgan fingerprint density at radius 3 is 2.43 bits per heavy atom. The highest BCUT2D eigenvalue weighted by Crippen LogP contribution is 2.28. The Balaban J connectivity index is 0.00000196. The number of rotatable bonds is 7. The molecule has 2 atom stereocenters. The van der Waals surface area contributed by atoms with Crippen LogP contribution in [0.25, 0.3) is 0 Å². The normalized spacial score (nSPS) is 18.4. The Labute approximate surface area is 180 Å². The number of halogens is 2.